The van der Waals surface area contributed by atoms with Gasteiger partial charge in [0.05, 0.1) is 17.1 Å². The first-order valence-electron chi connectivity index (χ1n) is 19.5. The number of anilines is 3. The first-order chi connectivity index (χ1) is 27.6. The summed E-state index contributed by atoms with van der Waals surface area (Å²) in [6, 6.07) is 77.7. The summed E-state index contributed by atoms with van der Waals surface area (Å²) in [5, 5.41) is 2.51. The van der Waals surface area contributed by atoms with Crippen molar-refractivity contribution in [3.63, 3.8) is 0 Å². The van der Waals surface area contributed by atoms with E-state index in [2.05, 4.69) is 231 Å². The van der Waals surface area contributed by atoms with Crippen molar-refractivity contribution in [1.29, 1.82) is 0 Å². The van der Waals surface area contributed by atoms with Gasteiger partial charge in [0.2, 0.25) is 0 Å². The van der Waals surface area contributed by atoms with Gasteiger partial charge >= 0.3 is 0 Å². The van der Waals surface area contributed by atoms with Gasteiger partial charge in [0.15, 0.2) is 0 Å². The van der Waals surface area contributed by atoms with Crippen molar-refractivity contribution in [2.45, 2.75) is 19.3 Å². The fourth-order valence-electron chi connectivity index (χ4n) is 8.92. The molecule has 10 rings (SSSR count). The molecule has 0 amide bonds. The van der Waals surface area contributed by atoms with Crippen LogP contribution in [-0.4, -0.2) is 0 Å². The number of hydrogen-bond donors (Lipinski definition) is 0. The van der Waals surface area contributed by atoms with Gasteiger partial charge in [-0.15, -0.1) is 0 Å². The average molecular weight is 716 g/mol. The predicted octanol–water partition coefficient (Wildman–Crippen LogP) is 15.3. The molecule has 0 spiro atoms. The molecule has 0 fully saturated rings. The quantitative estimate of drug-likeness (QED) is 0.159. The molecule has 1 nitrogen and oxygen atoms in total. The molecule has 0 atom stereocenters. The summed E-state index contributed by atoms with van der Waals surface area (Å²) in [6.07, 6.45) is 0. The zero-order chi connectivity index (χ0) is 37.6. The summed E-state index contributed by atoms with van der Waals surface area (Å²) >= 11 is 0. The molecule has 0 N–H and O–H groups in total. The standard InChI is InChI=1S/C55H41N/c1-55(2)49-26-13-10-25-48(49)54-50(55)27-16-30-53(54)56(52-29-15-12-24-47(52)46-23-9-8-21-44(46)40-18-4-3-5-19-40)51-28-14-11-22-45(51)41-34-31-39(32-35-41)43-36-33-38-17-6-7-20-42(38)37-43/h3-37H,1-2H3. The molecular formula is C55H41N. The van der Waals surface area contributed by atoms with Crippen molar-refractivity contribution in [2.24, 2.45) is 0 Å². The monoisotopic (exact) mass is 715 g/mol. The van der Waals surface area contributed by atoms with Crippen molar-refractivity contribution in [3.8, 4) is 55.6 Å². The lowest BCUT2D eigenvalue weighted by molar-refractivity contribution is 0.660. The predicted molar refractivity (Wildman–Crippen MR) is 238 cm³/mol. The van der Waals surface area contributed by atoms with Crippen LogP contribution in [0.5, 0.6) is 0 Å². The van der Waals surface area contributed by atoms with Crippen molar-refractivity contribution >= 4 is 27.8 Å². The van der Waals surface area contributed by atoms with Gasteiger partial charge in [-0.2, -0.15) is 0 Å². The zero-order valence-corrected chi connectivity index (χ0v) is 31.7. The number of para-hydroxylation sites is 2. The molecule has 9 aromatic rings. The van der Waals surface area contributed by atoms with Crippen molar-refractivity contribution in [3.05, 3.63) is 223 Å². The maximum Gasteiger partial charge on any atom is 0.0543 e. The van der Waals surface area contributed by atoms with Gasteiger partial charge in [0, 0.05) is 22.1 Å². The van der Waals surface area contributed by atoms with E-state index in [1.807, 2.05) is 0 Å². The van der Waals surface area contributed by atoms with Crippen LogP contribution in [-0.2, 0) is 5.41 Å². The lowest BCUT2D eigenvalue weighted by atomic mass is 9.82. The molecule has 56 heavy (non-hydrogen) atoms. The Kier molecular flexibility index (Phi) is 8.23. The first kappa shape index (κ1) is 33.6. The fourth-order valence-corrected chi connectivity index (χ4v) is 8.92. The summed E-state index contributed by atoms with van der Waals surface area (Å²) < 4.78 is 0. The van der Waals surface area contributed by atoms with E-state index in [-0.39, 0.29) is 5.41 Å². The summed E-state index contributed by atoms with van der Waals surface area (Å²) in [5.74, 6) is 0. The fraction of sp³-hybridized carbons (Fsp3) is 0.0545. The molecule has 0 aliphatic heterocycles. The van der Waals surface area contributed by atoms with Gasteiger partial charge in [-0.05, 0) is 85.1 Å². The van der Waals surface area contributed by atoms with Crippen LogP contribution < -0.4 is 4.90 Å². The third-order valence-electron chi connectivity index (χ3n) is 11.7. The topological polar surface area (TPSA) is 3.24 Å². The van der Waals surface area contributed by atoms with Crippen LogP contribution >= 0.6 is 0 Å². The summed E-state index contributed by atoms with van der Waals surface area (Å²) in [4.78, 5) is 2.53. The lowest BCUT2D eigenvalue weighted by Crippen LogP contribution is -2.16. The van der Waals surface area contributed by atoms with E-state index in [9.17, 15) is 0 Å². The van der Waals surface area contributed by atoms with Crippen LogP contribution in [0, 0.1) is 0 Å². The minimum Gasteiger partial charge on any atom is -0.309 e. The molecule has 1 aliphatic carbocycles. The molecule has 1 heteroatoms. The van der Waals surface area contributed by atoms with E-state index in [4.69, 9.17) is 0 Å². The maximum absolute atomic E-state index is 2.53. The Morgan fingerprint density at radius 2 is 0.804 bits per heavy atom. The number of fused-ring (bicyclic) bond motifs is 4. The highest BCUT2D eigenvalue weighted by molar-refractivity contribution is 6.02. The second kappa shape index (κ2) is 13.7. The number of benzene rings is 9. The maximum atomic E-state index is 2.53. The summed E-state index contributed by atoms with van der Waals surface area (Å²) in [5.41, 5.74) is 18.2. The highest BCUT2D eigenvalue weighted by Gasteiger charge is 2.38. The first-order valence-corrected chi connectivity index (χ1v) is 19.5. The molecule has 0 aromatic heterocycles. The molecular weight excluding hydrogens is 675 g/mol. The van der Waals surface area contributed by atoms with Crippen molar-refractivity contribution in [1.82, 2.24) is 0 Å². The van der Waals surface area contributed by atoms with E-state index < -0.39 is 0 Å². The van der Waals surface area contributed by atoms with Gasteiger partial charge in [-0.1, -0.05) is 202 Å². The van der Waals surface area contributed by atoms with Crippen LogP contribution in [0.4, 0.5) is 17.1 Å². The molecule has 266 valence electrons. The molecule has 1 aliphatic rings. The Morgan fingerprint density at radius 1 is 0.304 bits per heavy atom. The SMILES string of the molecule is CC1(C)c2ccccc2-c2c(N(c3ccccc3-c3ccc(-c4ccc5ccccc5c4)cc3)c3ccccc3-c3ccccc3-c3ccccc3)cccc21. The van der Waals surface area contributed by atoms with Crippen LogP contribution in [0.2, 0.25) is 0 Å². The van der Waals surface area contributed by atoms with Gasteiger partial charge in [-0.25, -0.2) is 0 Å². The lowest BCUT2D eigenvalue weighted by Gasteiger charge is -2.32. The summed E-state index contributed by atoms with van der Waals surface area (Å²) in [6.45, 7) is 4.72. The number of rotatable bonds is 7. The third-order valence-corrected chi connectivity index (χ3v) is 11.7. The Hall–Kier alpha value is -6.96. The average Bonchev–Trinajstić information content (AvgIpc) is 3.50. The van der Waals surface area contributed by atoms with Crippen molar-refractivity contribution < 1.29 is 0 Å². The molecule has 0 saturated carbocycles. The molecule has 9 aromatic carbocycles. The van der Waals surface area contributed by atoms with E-state index in [1.54, 1.807) is 0 Å². The summed E-state index contributed by atoms with van der Waals surface area (Å²) in [7, 11) is 0. The normalized spacial score (nSPS) is 12.6. The Labute approximate surface area is 329 Å². The largest absolute Gasteiger partial charge is 0.309 e. The van der Waals surface area contributed by atoms with E-state index >= 15 is 0 Å². The zero-order valence-electron chi connectivity index (χ0n) is 31.7. The molecule has 0 heterocycles. The van der Waals surface area contributed by atoms with E-state index in [0.29, 0.717) is 0 Å². The van der Waals surface area contributed by atoms with Crippen molar-refractivity contribution in [2.75, 3.05) is 4.90 Å². The van der Waals surface area contributed by atoms with Crippen LogP contribution in [0.25, 0.3) is 66.4 Å². The Bertz CT molecular complexity index is 2880. The van der Waals surface area contributed by atoms with Gasteiger partial charge < -0.3 is 4.90 Å². The Balaban J connectivity index is 1.19. The molecule has 0 bridgehead atoms. The third kappa shape index (κ3) is 5.63. The number of hydrogen-bond acceptors (Lipinski definition) is 1. The highest BCUT2D eigenvalue weighted by Crippen LogP contribution is 2.56. The molecule has 0 radical (unpaired) electrons. The second-order valence-corrected chi connectivity index (χ2v) is 15.3. The van der Waals surface area contributed by atoms with Gasteiger partial charge in [0.25, 0.3) is 0 Å². The molecule has 0 saturated heterocycles. The highest BCUT2D eigenvalue weighted by atomic mass is 15.2. The van der Waals surface area contributed by atoms with E-state index in [1.165, 1.54) is 83.2 Å². The second-order valence-electron chi connectivity index (χ2n) is 15.3. The van der Waals surface area contributed by atoms with Crippen LogP contribution in [0.1, 0.15) is 25.0 Å². The van der Waals surface area contributed by atoms with Gasteiger partial charge in [0.1, 0.15) is 0 Å². The van der Waals surface area contributed by atoms with Gasteiger partial charge in [-0.3, -0.25) is 0 Å². The van der Waals surface area contributed by atoms with Crippen LogP contribution in [0.15, 0.2) is 212 Å². The minimum atomic E-state index is -0.134. The van der Waals surface area contributed by atoms with E-state index in [0.717, 1.165) is 11.4 Å². The Morgan fingerprint density at radius 3 is 1.57 bits per heavy atom. The number of nitrogens with zero attached hydrogens (tertiary/aromatic N) is 1. The molecule has 0 unspecified atom stereocenters. The van der Waals surface area contributed by atoms with Crippen LogP contribution in [0.3, 0.4) is 0 Å². The smallest absolute Gasteiger partial charge is 0.0543 e. The minimum absolute atomic E-state index is 0.134.